The van der Waals surface area contributed by atoms with Gasteiger partial charge in [-0.3, -0.25) is 8.74 Å². The molecule has 7 heteroatoms. The van der Waals surface area contributed by atoms with Crippen LogP contribution >= 0.6 is 0 Å². The second kappa shape index (κ2) is 8.29. The summed E-state index contributed by atoms with van der Waals surface area (Å²) in [4.78, 5) is 13.8. The smallest absolute Gasteiger partial charge is 0.410 e. The van der Waals surface area contributed by atoms with E-state index < -0.39 is 23.1 Å². The Labute approximate surface area is 152 Å². The van der Waals surface area contributed by atoms with E-state index in [-0.39, 0.29) is 12.0 Å². The van der Waals surface area contributed by atoms with Crippen molar-refractivity contribution in [2.75, 3.05) is 13.1 Å². The topological polar surface area (TPSA) is 76.1 Å². The number of carbonyl (C=O) groups is 1. The van der Waals surface area contributed by atoms with Crippen LogP contribution in [0.15, 0.2) is 24.3 Å². The van der Waals surface area contributed by atoms with E-state index in [9.17, 15) is 13.6 Å². The summed E-state index contributed by atoms with van der Waals surface area (Å²) in [7, 11) is 0. The van der Waals surface area contributed by atoms with Crippen molar-refractivity contribution in [1.82, 2.24) is 4.90 Å². The highest BCUT2D eigenvalue weighted by Crippen LogP contribution is 2.34. The highest BCUT2D eigenvalue weighted by atomic mass is 32.2. The Kier molecular flexibility index (Phi) is 6.59. The molecular formula is C18H27NO5S. The van der Waals surface area contributed by atoms with Crippen molar-refractivity contribution in [2.24, 2.45) is 5.92 Å². The molecular weight excluding hydrogens is 342 g/mol. The molecule has 0 radical (unpaired) electrons. The van der Waals surface area contributed by atoms with E-state index in [4.69, 9.17) is 8.92 Å². The van der Waals surface area contributed by atoms with Crippen LogP contribution < -0.4 is 0 Å². The molecule has 1 aliphatic rings. The van der Waals surface area contributed by atoms with Crippen molar-refractivity contribution < 1.29 is 22.5 Å². The van der Waals surface area contributed by atoms with E-state index in [0.29, 0.717) is 25.9 Å². The molecule has 1 heterocycles. The van der Waals surface area contributed by atoms with Crippen LogP contribution in [0.1, 0.15) is 50.8 Å². The van der Waals surface area contributed by atoms with Crippen LogP contribution in [0.2, 0.25) is 0 Å². The number of benzene rings is 1. The van der Waals surface area contributed by atoms with Crippen LogP contribution in [-0.2, 0) is 20.3 Å². The zero-order chi connectivity index (χ0) is 18.6. The largest absolute Gasteiger partial charge is 0.444 e. The molecule has 1 aromatic carbocycles. The fraction of sp³-hybridized carbons (Fsp3) is 0.611. The molecule has 2 unspecified atom stereocenters. The van der Waals surface area contributed by atoms with Gasteiger partial charge in [0, 0.05) is 13.1 Å². The quantitative estimate of drug-likeness (QED) is 0.816. The summed E-state index contributed by atoms with van der Waals surface area (Å²) in [5, 5.41) is 0. The van der Waals surface area contributed by atoms with Gasteiger partial charge in [0.1, 0.15) is 11.7 Å². The first kappa shape index (κ1) is 19.9. The lowest BCUT2D eigenvalue weighted by atomic mass is 9.87. The van der Waals surface area contributed by atoms with Gasteiger partial charge in [-0.15, -0.1) is 0 Å². The molecule has 0 aliphatic carbocycles. The van der Waals surface area contributed by atoms with Gasteiger partial charge in [0.05, 0.1) is 0 Å². The van der Waals surface area contributed by atoms with Crippen molar-refractivity contribution in [3.05, 3.63) is 35.4 Å². The van der Waals surface area contributed by atoms with E-state index >= 15 is 0 Å². The molecule has 0 saturated carbocycles. The summed E-state index contributed by atoms with van der Waals surface area (Å²) in [6, 6.07) is 7.77. The molecule has 0 spiro atoms. The number of hydrogen-bond donors (Lipinski definition) is 1. The highest BCUT2D eigenvalue weighted by molar-refractivity contribution is 7.74. The number of hydrogen-bond acceptors (Lipinski definition) is 4. The monoisotopic (exact) mass is 369 g/mol. The minimum Gasteiger partial charge on any atom is -0.444 e. The molecule has 1 aromatic rings. The van der Waals surface area contributed by atoms with Gasteiger partial charge in [-0.1, -0.05) is 29.8 Å². The number of carbonyl (C=O) groups excluding carboxylic acids is 1. The number of aryl methyl sites for hydroxylation is 1. The molecule has 6 nitrogen and oxygen atoms in total. The first-order valence-corrected chi connectivity index (χ1v) is 9.51. The summed E-state index contributed by atoms with van der Waals surface area (Å²) >= 11 is -2.34. The predicted octanol–water partition coefficient (Wildman–Crippen LogP) is 3.84. The summed E-state index contributed by atoms with van der Waals surface area (Å²) in [6.07, 6.45) is 0.598. The normalized spacial score (nSPS) is 18.7. The Hall–Kier alpha value is -1.44. The Morgan fingerprint density at radius 2 is 1.80 bits per heavy atom. The minimum atomic E-state index is -2.34. The fourth-order valence-corrected chi connectivity index (χ4v) is 3.41. The van der Waals surface area contributed by atoms with Crippen molar-refractivity contribution in [3.8, 4) is 0 Å². The van der Waals surface area contributed by atoms with E-state index in [2.05, 4.69) is 0 Å². The first-order chi connectivity index (χ1) is 11.7. The van der Waals surface area contributed by atoms with Crippen LogP contribution in [0.4, 0.5) is 4.79 Å². The molecule has 140 valence electrons. The van der Waals surface area contributed by atoms with Gasteiger partial charge >= 0.3 is 17.5 Å². The van der Waals surface area contributed by atoms with E-state index in [1.165, 1.54) is 0 Å². The zero-order valence-corrected chi connectivity index (χ0v) is 16.0. The highest BCUT2D eigenvalue weighted by Gasteiger charge is 2.33. The Bertz CT molecular complexity index is 603. The summed E-state index contributed by atoms with van der Waals surface area (Å²) in [5.41, 5.74) is 1.48. The Morgan fingerprint density at radius 1 is 1.24 bits per heavy atom. The van der Waals surface area contributed by atoms with Crippen LogP contribution in [0.5, 0.6) is 0 Å². The Balaban J connectivity index is 2.03. The average molecular weight is 369 g/mol. The SMILES string of the molecule is Cc1ccc(C(OS(=O)O)C2CCN(C(=O)OC(C)(C)C)CC2)cc1. The molecule has 0 aromatic heterocycles. The lowest BCUT2D eigenvalue weighted by Crippen LogP contribution is -2.42. The molecule has 1 fully saturated rings. The number of likely N-dealkylation sites (tertiary alicyclic amines) is 1. The minimum absolute atomic E-state index is 0.0671. The Morgan fingerprint density at radius 3 is 2.28 bits per heavy atom. The van der Waals surface area contributed by atoms with Gasteiger partial charge in [-0.05, 0) is 52.0 Å². The van der Waals surface area contributed by atoms with Crippen LogP contribution in [-0.4, -0.2) is 38.4 Å². The summed E-state index contributed by atoms with van der Waals surface area (Å²) in [5.74, 6) is 0.0671. The molecule has 1 aliphatic heterocycles. The third-order valence-electron chi connectivity index (χ3n) is 4.21. The molecule has 25 heavy (non-hydrogen) atoms. The van der Waals surface area contributed by atoms with Gasteiger partial charge in [0.25, 0.3) is 0 Å². The van der Waals surface area contributed by atoms with Gasteiger partial charge in [0.2, 0.25) is 0 Å². The third-order valence-corrected chi connectivity index (χ3v) is 4.58. The molecule has 0 bridgehead atoms. The molecule has 1 amide bonds. The number of piperidine rings is 1. The maximum atomic E-state index is 12.2. The van der Waals surface area contributed by atoms with Gasteiger partial charge < -0.3 is 9.64 Å². The van der Waals surface area contributed by atoms with Crippen molar-refractivity contribution in [3.63, 3.8) is 0 Å². The van der Waals surface area contributed by atoms with Crippen molar-refractivity contribution in [1.29, 1.82) is 0 Å². The first-order valence-electron chi connectivity index (χ1n) is 8.48. The second-order valence-electron chi connectivity index (χ2n) is 7.45. The second-order valence-corrected chi connectivity index (χ2v) is 8.08. The van der Waals surface area contributed by atoms with Crippen molar-refractivity contribution in [2.45, 2.75) is 52.2 Å². The van der Waals surface area contributed by atoms with Gasteiger partial charge in [0.15, 0.2) is 0 Å². The number of amides is 1. The molecule has 2 rings (SSSR count). The maximum Gasteiger partial charge on any atom is 0.410 e. The number of nitrogens with zero attached hydrogens (tertiary/aromatic N) is 1. The fourth-order valence-electron chi connectivity index (χ4n) is 2.96. The van der Waals surface area contributed by atoms with E-state index in [1.54, 1.807) is 4.90 Å². The standard InChI is InChI=1S/C18H27NO5S/c1-13-5-7-14(8-6-13)16(24-25(21)22)15-9-11-19(12-10-15)17(20)23-18(2,3)4/h5-8,15-16H,9-12H2,1-4H3,(H,21,22). The maximum absolute atomic E-state index is 12.2. The lowest BCUT2D eigenvalue weighted by Gasteiger charge is -2.36. The third kappa shape index (κ3) is 6.09. The number of ether oxygens (including phenoxy) is 1. The summed E-state index contributed by atoms with van der Waals surface area (Å²) in [6.45, 7) is 8.61. The molecule has 2 atom stereocenters. The molecule has 1 saturated heterocycles. The molecule has 1 N–H and O–H groups in total. The summed E-state index contributed by atoms with van der Waals surface area (Å²) < 4.78 is 31.1. The zero-order valence-electron chi connectivity index (χ0n) is 15.2. The average Bonchev–Trinajstić information content (AvgIpc) is 2.52. The predicted molar refractivity (Wildman–Crippen MR) is 96.3 cm³/mol. The lowest BCUT2D eigenvalue weighted by molar-refractivity contribution is 0.0109. The van der Waals surface area contributed by atoms with E-state index in [0.717, 1.165) is 11.1 Å². The van der Waals surface area contributed by atoms with Crippen LogP contribution in [0.3, 0.4) is 0 Å². The van der Waals surface area contributed by atoms with E-state index in [1.807, 2.05) is 52.0 Å². The van der Waals surface area contributed by atoms with Gasteiger partial charge in [-0.25, -0.2) is 4.79 Å². The van der Waals surface area contributed by atoms with Gasteiger partial charge in [-0.2, -0.15) is 4.21 Å². The van der Waals surface area contributed by atoms with Crippen molar-refractivity contribution >= 4 is 17.5 Å². The van der Waals surface area contributed by atoms with Crippen LogP contribution in [0.25, 0.3) is 0 Å². The number of rotatable bonds is 4. The van der Waals surface area contributed by atoms with Crippen LogP contribution in [0, 0.1) is 12.8 Å².